The van der Waals surface area contributed by atoms with Gasteiger partial charge in [0.05, 0.1) is 11.6 Å². The number of aliphatic carboxylic acids is 1. The minimum atomic E-state index is -0.995. The van der Waals surface area contributed by atoms with E-state index >= 15 is 0 Å². The number of anilines is 1. The van der Waals surface area contributed by atoms with Gasteiger partial charge in [-0.15, -0.1) is 11.3 Å². The molecular weight excluding hydrogens is 384 g/mol. The number of hydrogen-bond donors (Lipinski definition) is 2. The summed E-state index contributed by atoms with van der Waals surface area (Å²) < 4.78 is 0. The van der Waals surface area contributed by atoms with Crippen LogP contribution >= 0.6 is 22.9 Å². The lowest BCUT2D eigenvalue weighted by molar-refractivity contribution is -0.143. The summed E-state index contributed by atoms with van der Waals surface area (Å²) in [5.74, 6) is -2.17. The monoisotopic (exact) mass is 400 g/mol. The van der Waals surface area contributed by atoms with E-state index in [1.54, 1.807) is 11.4 Å². The molecule has 1 amide bonds. The standard InChI is InChI=1S/C20H17ClN2O3S/c21-16-9-5-4-8-15(16)17-12-27-20(22-17)23-18(24)11-14(19(25)26)10-13-6-2-1-3-7-13/h1-9,12,14H,10-11H2,(H,25,26)(H,22,23,24). The lowest BCUT2D eigenvalue weighted by Crippen LogP contribution is -2.24. The van der Waals surface area contributed by atoms with Crippen molar-refractivity contribution >= 4 is 39.9 Å². The fourth-order valence-corrected chi connectivity index (χ4v) is 3.62. The highest BCUT2D eigenvalue weighted by atomic mass is 35.5. The predicted octanol–water partition coefficient (Wildman–Crippen LogP) is 4.74. The molecule has 0 bridgehead atoms. The van der Waals surface area contributed by atoms with Crippen molar-refractivity contribution in [3.05, 3.63) is 70.6 Å². The molecule has 3 aromatic rings. The number of hydrogen-bond acceptors (Lipinski definition) is 4. The molecule has 5 nitrogen and oxygen atoms in total. The molecule has 2 N–H and O–H groups in total. The molecule has 0 aliphatic carbocycles. The number of nitrogens with zero attached hydrogens (tertiary/aromatic N) is 1. The maximum atomic E-state index is 12.3. The van der Waals surface area contributed by atoms with Crippen LogP contribution in [0.2, 0.25) is 5.02 Å². The minimum Gasteiger partial charge on any atom is -0.481 e. The van der Waals surface area contributed by atoms with Crippen LogP contribution < -0.4 is 5.32 Å². The summed E-state index contributed by atoms with van der Waals surface area (Å²) >= 11 is 7.44. The van der Waals surface area contributed by atoms with Gasteiger partial charge in [0.25, 0.3) is 0 Å². The molecular formula is C20H17ClN2O3S. The van der Waals surface area contributed by atoms with Gasteiger partial charge in [-0.25, -0.2) is 4.98 Å². The first-order valence-electron chi connectivity index (χ1n) is 8.30. The van der Waals surface area contributed by atoms with Crippen molar-refractivity contribution < 1.29 is 14.7 Å². The Hall–Kier alpha value is -2.70. The van der Waals surface area contributed by atoms with Crippen molar-refractivity contribution in [1.82, 2.24) is 4.98 Å². The number of nitrogens with one attached hydrogen (secondary N) is 1. The van der Waals surface area contributed by atoms with Gasteiger partial charge < -0.3 is 10.4 Å². The Morgan fingerprint density at radius 1 is 1.11 bits per heavy atom. The van der Waals surface area contributed by atoms with E-state index in [0.29, 0.717) is 22.3 Å². The third-order valence-electron chi connectivity index (χ3n) is 4.01. The smallest absolute Gasteiger partial charge is 0.307 e. The lowest BCUT2D eigenvalue weighted by Gasteiger charge is -2.11. The lowest BCUT2D eigenvalue weighted by atomic mass is 9.96. The fraction of sp³-hybridized carbons (Fsp3) is 0.150. The number of carboxylic acids is 1. The van der Waals surface area contributed by atoms with Gasteiger partial charge in [0.1, 0.15) is 0 Å². The first kappa shape index (κ1) is 19.1. The fourth-order valence-electron chi connectivity index (χ4n) is 2.66. The Morgan fingerprint density at radius 2 is 1.81 bits per heavy atom. The molecule has 1 aromatic heterocycles. The highest BCUT2D eigenvalue weighted by Crippen LogP contribution is 2.30. The van der Waals surface area contributed by atoms with Crippen molar-refractivity contribution in [3.63, 3.8) is 0 Å². The van der Waals surface area contributed by atoms with E-state index in [9.17, 15) is 14.7 Å². The molecule has 0 saturated heterocycles. The number of carbonyl (C=O) groups is 2. The number of aromatic nitrogens is 1. The van der Waals surface area contributed by atoms with Gasteiger partial charge in [0.15, 0.2) is 5.13 Å². The summed E-state index contributed by atoms with van der Waals surface area (Å²) in [5, 5.41) is 14.9. The largest absolute Gasteiger partial charge is 0.481 e. The summed E-state index contributed by atoms with van der Waals surface area (Å²) in [6.07, 6.45) is 0.178. The zero-order valence-corrected chi connectivity index (χ0v) is 15.8. The Bertz CT molecular complexity index is 943. The average Bonchev–Trinajstić information content (AvgIpc) is 3.10. The van der Waals surface area contributed by atoms with Crippen LogP contribution in [0.1, 0.15) is 12.0 Å². The second-order valence-electron chi connectivity index (χ2n) is 5.99. The molecule has 1 atom stereocenters. The van der Waals surface area contributed by atoms with Gasteiger partial charge in [0.2, 0.25) is 5.91 Å². The van der Waals surface area contributed by atoms with Gasteiger partial charge in [-0.3, -0.25) is 9.59 Å². The molecule has 2 aromatic carbocycles. The SMILES string of the molecule is O=C(CC(Cc1ccccc1)C(=O)O)Nc1nc(-c2ccccc2Cl)cs1. The van der Waals surface area contributed by atoms with E-state index in [2.05, 4.69) is 10.3 Å². The van der Waals surface area contributed by atoms with Crippen LogP contribution in [0.5, 0.6) is 0 Å². The van der Waals surface area contributed by atoms with Gasteiger partial charge >= 0.3 is 5.97 Å². The van der Waals surface area contributed by atoms with Gasteiger partial charge in [-0.2, -0.15) is 0 Å². The Morgan fingerprint density at radius 3 is 2.52 bits per heavy atom. The van der Waals surface area contributed by atoms with Crippen LogP contribution in [0.4, 0.5) is 5.13 Å². The Labute approximate surface area is 165 Å². The number of carbonyl (C=O) groups excluding carboxylic acids is 1. The number of rotatable bonds is 7. The van der Waals surface area contributed by atoms with E-state index in [0.717, 1.165) is 11.1 Å². The second-order valence-corrected chi connectivity index (χ2v) is 7.26. The minimum absolute atomic E-state index is 0.120. The van der Waals surface area contributed by atoms with Crippen LogP contribution in [0.3, 0.4) is 0 Å². The molecule has 7 heteroatoms. The van der Waals surface area contributed by atoms with E-state index in [1.807, 2.05) is 48.5 Å². The van der Waals surface area contributed by atoms with Crippen LogP contribution in [-0.4, -0.2) is 22.0 Å². The van der Waals surface area contributed by atoms with Crippen LogP contribution in [0.25, 0.3) is 11.3 Å². The van der Waals surface area contributed by atoms with Crippen molar-refractivity contribution in [3.8, 4) is 11.3 Å². The molecule has 27 heavy (non-hydrogen) atoms. The molecule has 138 valence electrons. The number of amides is 1. The summed E-state index contributed by atoms with van der Waals surface area (Å²) in [5.41, 5.74) is 2.33. The molecule has 0 saturated carbocycles. The van der Waals surface area contributed by atoms with E-state index in [1.165, 1.54) is 11.3 Å². The van der Waals surface area contributed by atoms with Gasteiger partial charge in [-0.1, -0.05) is 60.1 Å². The normalized spacial score (nSPS) is 11.7. The number of halogens is 1. The molecule has 0 aliphatic rings. The Kier molecular flexibility index (Phi) is 6.21. The predicted molar refractivity (Wildman–Crippen MR) is 107 cm³/mol. The molecule has 1 heterocycles. The average molecular weight is 401 g/mol. The quantitative estimate of drug-likeness (QED) is 0.600. The van der Waals surface area contributed by atoms with Crippen LogP contribution in [0, 0.1) is 5.92 Å². The number of thiazole rings is 1. The van der Waals surface area contributed by atoms with E-state index in [-0.39, 0.29) is 12.3 Å². The molecule has 3 rings (SSSR count). The number of carboxylic acid groups (broad SMARTS) is 1. The molecule has 0 aliphatic heterocycles. The van der Waals surface area contributed by atoms with Gasteiger partial charge in [0, 0.05) is 22.4 Å². The van der Waals surface area contributed by atoms with E-state index in [4.69, 9.17) is 11.6 Å². The van der Waals surface area contributed by atoms with Crippen molar-refractivity contribution in [1.29, 1.82) is 0 Å². The van der Waals surface area contributed by atoms with Crippen LogP contribution in [-0.2, 0) is 16.0 Å². The molecule has 0 spiro atoms. The molecule has 1 unspecified atom stereocenters. The highest BCUT2D eigenvalue weighted by molar-refractivity contribution is 7.14. The van der Waals surface area contributed by atoms with Crippen molar-refractivity contribution in [2.45, 2.75) is 12.8 Å². The maximum Gasteiger partial charge on any atom is 0.307 e. The summed E-state index contributed by atoms with van der Waals surface area (Å²) in [7, 11) is 0. The first-order chi connectivity index (χ1) is 13.0. The second kappa shape index (κ2) is 8.79. The maximum absolute atomic E-state index is 12.3. The summed E-state index contributed by atoms with van der Waals surface area (Å²) in [4.78, 5) is 28.2. The van der Waals surface area contributed by atoms with Crippen molar-refractivity contribution in [2.24, 2.45) is 5.92 Å². The summed E-state index contributed by atoms with van der Waals surface area (Å²) in [6.45, 7) is 0. The van der Waals surface area contributed by atoms with Gasteiger partial charge in [-0.05, 0) is 18.1 Å². The molecule has 0 radical (unpaired) electrons. The first-order valence-corrected chi connectivity index (χ1v) is 9.55. The number of benzene rings is 2. The topological polar surface area (TPSA) is 79.3 Å². The summed E-state index contributed by atoms with van der Waals surface area (Å²) in [6, 6.07) is 16.6. The van der Waals surface area contributed by atoms with E-state index < -0.39 is 11.9 Å². The third kappa shape index (κ3) is 5.15. The third-order valence-corrected chi connectivity index (χ3v) is 5.09. The zero-order chi connectivity index (χ0) is 19.2. The highest BCUT2D eigenvalue weighted by Gasteiger charge is 2.22. The zero-order valence-electron chi connectivity index (χ0n) is 14.3. The molecule has 0 fully saturated rings. The van der Waals surface area contributed by atoms with Crippen molar-refractivity contribution in [2.75, 3.05) is 5.32 Å². The Balaban J connectivity index is 1.64. The van der Waals surface area contributed by atoms with Crippen LogP contribution in [0.15, 0.2) is 60.0 Å².